The zero-order valence-electron chi connectivity index (χ0n) is 16.1. The van der Waals surface area contributed by atoms with Gasteiger partial charge in [-0.2, -0.15) is 5.10 Å². The van der Waals surface area contributed by atoms with E-state index in [1.54, 1.807) is 0 Å². The van der Waals surface area contributed by atoms with E-state index >= 15 is 0 Å². The molecular weight excluding hydrogens is 302 g/mol. The molecule has 1 aliphatic rings. The van der Waals surface area contributed by atoms with Crippen LogP contribution in [0.4, 0.5) is 0 Å². The highest BCUT2D eigenvalue weighted by Gasteiger charge is 2.29. The molecule has 0 unspecified atom stereocenters. The van der Waals surface area contributed by atoms with E-state index in [0.717, 1.165) is 24.7 Å². The largest absolute Gasteiger partial charge is 0.350 e. The Morgan fingerprint density at radius 3 is 2.67 bits per heavy atom. The molecule has 1 aromatic heterocycles. The molecule has 2 rings (SSSR count). The summed E-state index contributed by atoms with van der Waals surface area (Å²) in [6.07, 6.45) is 3.83. The smallest absolute Gasteiger partial charge is 0.225 e. The van der Waals surface area contributed by atoms with Gasteiger partial charge in [-0.25, -0.2) is 9.67 Å². The number of nitrogens with zero attached hydrogens (tertiary/aromatic N) is 4. The van der Waals surface area contributed by atoms with Gasteiger partial charge in [0.05, 0.1) is 12.5 Å². The zero-order chi connectivity index (χ0) is 17.9. The van der Waals surface area contributed by atoms with Gasteiger partial charge in [-0.05, 0) is 54.0 Å². The maximum absolute atomic E-state index is 12.6. The maximum atomic E-state index is 12.6. The SMILES string of the molecule is Cc1nc(C)n(C[C@@H](C)C(=O)NC(C)(C)CN2CCCC[C@@H]2C)n1. The molecule has 0 radical (unpaired) electrons. The van der Waals surface area contributed by atoms with E-state index in [4.69, 9.17) is 0 Å². The van der Waals surface area contributed by atoms with Gasteiger partial charge in [0.25, 0.3) is 0 Å². The van der Waals surface area contributed by atoms with Gasteiger partial charge in [0.15, 0.2) is 0 Å². The van der Waals surface area contributed by atoms with Gasteiger partial charge < -0.3 is 5.32 Å². The number of carbonyl (C=O) groups is 1. The Morgan fingerprint density at radius 2 is 2.08 bits per heavy atom. The third-order valence-electron chi connectivity index (χ3n) is 4.86. The molecule has 0 spiro atoms. The van der Waals surface area contributed by atoms with Crippen molar-refractivity contribution in [1.82, 2.24) is 25.0 Å². The summed E-state index contributed by atoms with van der Waals surface area (Å²) in [5, 5.41) is 7.58. The summed E-state index contributed by atoms with van der Waals surface area (Å²) in [5.74, 6) is 1.55. The Morgan fingerprint density at radius 1 is 1.38 bits per heavy atom. The number of nitrogens with one attached hydrogen (secondary N) is 1. The topological polar surface area (TPSA) is 63.1 Å². The van der Waals surface area contributed by atoms with E-state index in [1.807, 2.05) is 25.5 Å². The maximum Gasteiger partial charge on any atom is 0.225 e. The average molecular weight is 335 g/mol. The number of piperidine rings is 1. The molecule has 136 valence electrons. The van der Waals surface area contributed by atoms with E-state index in [0.29, 0.717) is 12.6 Å². The lowest BCUT2D eigenvalue weighted by Gasteiger charge is -2.39. The lowest BCUT2D eigenvalue weighted by Crippen LogP contribution is -2.55. The van der Waals surface area contributed by atoms with Crippen LogP contribution >= 0.6 is 0 Å². The van der Waals surface area contributed by atoms with Crippen molar-refractivity contribution in [2.24, 2.45) is 5.92 Å². The molecule has 24 heavy (non-hydrogen) atoms. The van der Waals surface area contributed by atoms with Gasteiger partial charge in [0.1, 0.15) is 11.6 Å². The highest BCUT2D eigenvalue weighted by atomic mass is 16.2. The van der Waals surface area contributed by atoms with Crippen molar-refractivity contribution in [3.05, 3.63) is 11.6 Å². The van der Waals surface area contributed by atoms with Crippen LogP contribution < -0.4 is 5.32 Å². The quantitative estimate of drug-likeness (QED) is 0.866. The fourth-order valence-corrected chi connectivity index (χ4v) is 3.47. The molecule has 0 aromatic carbocycles. The first kappa shape index (κ1) is 18.9. The minimum absolute atomic E-state index is 0.0808. The Labute approximate surface area is 146 Å². The van der Waals surface area contributed by atoms with Gasteiger partial charge in [-0.3, -0.25) is 9.69 Å². The summed E-state index contributed by atoms with van der Waals surface area (Å²) in [5.41, 5.74) is -0.232. The predicted octanol–water partition coefficient (Wildman–Crippen LogP) is 2.30. The van der Waals surface area contributed by atoms with Crippen LogP contribution in [0.5, 0.6) is 0 Å². The molecule has 0 bridgehead atoms. The van der Waals surface area contributed by atoms with E-state index in [9.17, 15) is 4.79 Å². The molecule has 0 aliphatic carbocycles. The van der Waals surface area contributed by atoms with Crippen LogP contribution in [-0.2, 0) is 11.3 Å². The Balaban J connectivity index is 1.90. The highest BCUT2D eigenvalue weighted by molar-refractivity contribution is 5.78. The van der Waals surface area contributed by atoms with Crippen molar-refractivity contribution in [2.45, 2.75) is 78.9 Å². The monoisotopic (exact) mass is 335 g/mol. The molecule has 6 nitrogen and oxygen atoms in total. The molecule has 1 N–H and O–H groups in total. The van der Waals surface area contributed by atoms with E-state index < -0.39 is 0 Å². The predicted molar refractivity (Wildman–Crippen MR) is 95.8 cm³/mol. The molecular formula is C18H33N5O. The molecule has 1 aliphatic heterocycles. The fraction of sp³-hybridized carbons (Fsp3) is 0.833. The van der Waals surface area contributed by atoms with Gasteiger partial charge in [0.2, 0.25) is 5.91 Å². The molecule has 1 aromatic rings. The summed E-state index contributed by atoms with van der Waals surface area (Å²) in [4.78, 5) is 19.4. The van der Waals surface area contributed by atoms with E-state index in [-0.39, 0.29) is 17.4 Å². The second-order valence-corrected chi connectivity index (χ2v) is 7.98. The van der Waals surface area contributed by atoms with Crippen LogP contribution in [0.25, 0.3) is 0 Å². The number of rotatable bonds is 6. The fourth-order valence-electron chi connectivity index (χ4n) is 3.47. The normalized spacial score (nSPS) is 20.8. The molecule has 2 heterocycles. The van der Waals surface area contributed by atoms with Crippen LogP contribution in [0.15, 0.2) is 0 Å². The van der Waals surface area contributed by atoms with Crippen molar-refractivity contribution in [2.75, 3.05) is 13.1 Å². The second-order valence-electron chi connectivity index (χ2n) is 7.98. The molecule has 2 atom stereocenters. The summed E-state index contributed by atoms with van der Waals surface area (Å²) >= 11 is 0. The first-order valence-corrected chi connectivity index (χ1v) is 9.12. The van der Waals surface area contributed by atoms with E-state index in [2.05, 4.69) is 41.1 Å². The summed E-state index contributed by atoms with van der Waals surface area (Å²) in [7, 11) is 0. The average Bonchev–Trinajstić information content (AvgIpc) is 2.78. The van der Waals surface area contributed by atoms with Crippen LogP contribution in [0.1, 0.15) is 58.6 Å². The van der Waals surface area contributed by atoms with Gasteiger partial charge in [0, 0.05) is 18.1 Å². The lowest BCUT2D eigenvalue weighted by atomic mass is 9.97. The summed E-state index contributed by atoms with van der Waals surface area (Å²) in [6.45, 7) is 14.9. The summed E-state index contributed by atoms with van der Waals surface area (Å²) in [6, 6.07) is 0.605. The second kappa shape index (κ2) is 7.64. The third-order valence-corrected chi connectivity index (χ3v) is 4.86. The lowest BCUT2D eigenvalue weighted by molar-refractivity contribution is -0.127. The van der Waals surface area contributed by atoms with Crippen LogP contribution in [0.2, 0.25) is 0 Å². The number of amides is 1. The molecule has 6 heteroatoms. The minimum Gasteiger partial charge on any atom is -0.350 e. The van der Waals surface area contributed by atoms with Crippen LogP contribution in [0, 0.1) is 19.8 Å². The van der Waals surface area contributed by atoms with Crippen molar-refractivity contribution in [3.8, 4) is 0 Å². The van der Waals surface area contributed by atoms with E-state index in [1.165, 1.54) is 19.3 Å². The van der Waals surface area contributed by atoms with Crippen molar-refractivity contribution >= 4 is 5.91 Å². The molecule has 1 saturated heterocycles. The third kappa shape index (κ3) is 5.03. The Kier molecular flexibility index (Phi) is 6.01. The molecule has 1 amide bonds. The van der Waals surface area contributed by atoms with Gasteiger partial charge in [-0.1, -0.05) is 13.3 Å². The first-order chi connectivity index (χ1) is 11.2. The van der Waals surface area contributed by atoms with Gasteiger partial charge in [-0.15, -0.1) is 0 Å². The Bertz CT molecular complexity index is 566. The number of aromatic nitrogens is 3. The number of likely N-dealkylation sites (tertiary alicyclic amines) is 1. The number of hydrogen-bond acceptors (Lipinski definition) is 4. The van der Waals surface area contributed by atoms with Crippen molar-refractivity contribution < 1.29 is 4.79 Å². The molecule has 1 fully saturated rings. The number of carbonyl (C=O) groups excluding carboxylic acids is 1. The summed E-state index contributed by atoms with van der Waals surface area (Å²) < 4.78 is 1.82. The first-order valence-electron chi connectivity index (χ1n) is 9.12. The van der Waals surface area contributed by atoms with Crippen LogP contribution in [0.3, 0.4) is 0 Å². The Hall–Kier alpha value is -1.43. The van der Waals surface area contributed by atoms with Crippen molar-refractivity contribution in [3.63, 3.8) is 0 Å². The van der Waals surface area contributed by atoms with Crippen LogP contribution in [-0.4, -0.2) is 50.2 Å². The standard InChI is InChI=1S/C18H33N5O/c1-13(11-23-16(4)19-15(3)21-23)17(24)20-18(5,6)12-22-10-8-7-9-14(22)2/h13-14H,7-12H2,1-6H3,(H,20,24)/t13-,14+/m1/s1. The van der Waals surface area contributed by atoms with Gasteiger partial charge >= 0.3 is 0 Å². The number of hydrogen-bond donors (Lipinski definition) is 1. The highest BCUT2D eigenvalue weighted by Crippen LogP contribution is 2.19. The number of aryl methyl sites for hydroxylation is 2. The zero-order valence-corrected chi connectivity index (χ0v) is 16.1. The minimum atomic E-state index is -0.232. The van der Waals surface area contributed by atoms with Crippen molar-refractivity contribution in [1.29, 1.82) is 0 Å². The molecule has 0 saturated carbocycles.